The van der Waals surface area contributed by atoms with Crippen molar-refractivity contribution >= 4 is 29.1 Å². The number of hydrogen-bond donors (Lipinski definition) is 2. The summed E-state index contributed by atoms with van der Waals surface area (Å²) in [6.07, 6.45) is 2.45. The molecule has 3 aromatic rings. The minimum Gasteiger partial charge on any atom is -0.354 e. The van der Waals surface area contributed by atoms with Crippen molar-refractivity contribution in [2.24, 2.45) is 0 Å². The van der Waals surface area contributed by atoms with Gasteiger partial charge in [0.05, 0.1) is 0 Å². The fraction of sp³-hybridized carbons (Fsp3) is 0.158. The van der Waals surface area contributed by atoms with Gasteiger partial charge in [0, 0.05) is 23.5 Å². The normalized spacial score (nSPS) is 10.5. The Hall–Kier alpha value is -2.66. The van der Waals surface area contributed by atoms with Crippen LogP contribution in [0.15, 0.2) is 54.7 Å². The Morgan fingerprint density at radius 2 is 1.88 bits per heavy atom. The summed E-state index contributed by atoms with van der Waals surface area (Å²) in [5, 5.41) is 7.13. The van der Waals surface area contributed by atoms with Gasteiger partial charge in [0.25, 0.3) is 0 Å². The molecule has 0 aliphatic heterocycles. The van der Waals surface area contributed by atoms with Gasteiger partial charge in [-0.1, -0.05) is 29.8 Å². The molecule has 128 valence electrons. The molecular weight excluding hydrogens is 339 g/mol. The monoisotopic (exact) mass is 356 g/mol. The summed E-state index contributed by atoms with van der Waals surface area (Å²) in [5.41, 5.74) is 2.93. The van der Waals surface area contributed by atoms with Crippen LogP contribution < -0.4 is 10.6 Å². The Bertz CT molecular complexity index is 852. The summed E-state index contributed by atoms with van der Waals surface area (Å²) in [5.74, 6) is 0.992. The van der Waals surface area contributed by atoms with Crippen LogP contribution in [0.4, 0.5) is 21.8 Å². The Kier molecular flexibility index (Phi) is 5.46. The molecule has 2 N–H and O–H groups in total. The van der Waals surface area contributed by atoms with Gasteiger partial charge in [0.2, 0.25) is 5.95 Å². The van der Waals surface area contributed by atoms with Crippen molar-refractivity contribution in [1.29, 1.82) is 0 Å². The minimum absolute atomic E-state index is 0.227. The molecule has 4 nitrogen and oxygen atoms in total. The van der Waals surface area contributed by atoms with Crippen molar-refractivity contribution in [3.8, 4) is 0 Å². The lowest BCUT2D eigenvalue weighted by Gasteiger charge is -2.11. The molecule has 0 atom stereocenters. The molecule has 0 aliphatic rings. The van der Waals surface area contributed by atoms with Crippen LogP contribution in [0.1, 0.15) is 11.1 Å². The maximum absolute atomic E-state index is 12.9. The quantitative estimate of drug-likeness (QED) is 0.654. The summed E-state index contributed by atoms with van der Waals surface area (Å²) in [6, 6.07) is 14.0. The molecule has 0 saturated carbocycles. The molecule has 0 aliphatic carbocycles. The Balaban J connectivity index is 1.61. The average Bonchev–Trinajstić information content (AvgIpc) is 2.61. The van der Waals surface area contributed by atoms with Gasteiger partial charge in [0.1, 0.15) is 11.6 Å². The maximum atomic E-state index is 12.9. The smallest absolute Gasteiger partial charge is 0.224 e. The van der Waals surface area contributed by atoms with Crippen molar-refractivity contribution in [2.45, 2.75) is 13.3 Å². The van der Waals surface area contributed by atoms with E-state index in [1.807, 2.05) is 25.1 Å². The van der Waals surface area contributed by atoms with Gasteiger partial charge >= 0.3 is 0 Å². The highest BCUT2D eigenvalue weighted by molar-refractivity contribution is 6.31. The molecule has 0 fully saturated rings. The molecule has 0 spiro atoms. The predicted molar refractivity (Wildman–Crippen MR) is 100 cm³/mol. The molecule has 0 bridgehead atoms. The van der Waals surface area contributed by atoms with Crippen molar-refractivity contribution in [3.05, 3.63) is 76.7 Å². The molecule has 3 rings (SSSR count). The first-order valence-electron chi connectivity index (χ1n) is 7.95. The molecule has 2 aromatic carbocycles. The number of nitrogens with one attached hydrogen (secondary N) is 2. The van der Waals surface area contributed by atoms with Crippen LogP contribution >= 0.6 is 11.6 Å². The number of benzene rings is 2. The fourth-order valence-electron chi connectivity index (χ4n) is 2.36. The number of halogens is 2. The third-order valence-corrected chi connectivity index (χ3v) is 4.21. The second kappa shape index (κ2) is 7.94. The molecule has 25 heavy (non-hydrogen) atoms. The van der Waals surface area contributed by atoms with E-state index in [2.05, 4.69) is 20.6 Å². The van der Waals surface area contributed by atoms with Crippen LogP contribution in [-0.4, -0.2) is 16.5 Å². The SMILES string of the molecule is Cc1c(Cl)cccc1Nc1ccnc(NCCc2ccc(F)cc2)n1. The van der Waals surface area contributed by atoms with Gasteiger partial charge in [-0.05, 0) is 54.8 Å². The summed E-state index contributed by atoms with van der Waals surface area (Å²) in [4.78, 5) is 8.67. The van der Waals surface area contributed by atoms with Crippen LogP contribution in [0.2, 0.25) is 5.02 Å². The number of hydrogen-bond acceptors (Lipinski definition) is 4. The summed E-state index contributed by atoms with van der Waals surface area (Å²) in [7, 11) is 0. The van der Waals surface area contributed by atoms with Crippen LogP contribution in [0.5, 0.6) is 0 Å². The number of rotatable bonds is 6. The minimum atomic E-state index is -0.227. The molecule has 0 radical (unpaired) electrons. The van der Waals surface area contributed by atoms with Gasteiger partial charge in [0.15, 0.2) is 0 Å². The lowest BCUT2D eigenvalue weighted by molar-refractivity contribution is 0.627. The lowest BCUT2D eigenvalue weighted by atomic mass is 10.1. The Morgan fingerprint density at radius 1 is 1.08 bits per heavy atom. The highest BCUT2D eigenvalue weighted by Gasteiger charge is 2.04. The molecule has 0 amide bonds. The van der Waals surface area contributed by atoms with E-state index < -0.39 is 0 Å². The zero-order valence-electron chi connectivity index (χ0n) is 13.8. The van der Waals surface area contributed by atoms with Gasteiger partial charge in [-0.2, -0.15) is 4.98 Å². The van der Waals surface area contributed by atoms with Gasteiger partial charge < -0.3 is 10.6 Å². The van der Waals surface area contributed by atoms with E-state index in [-0.39, 0.29) is 5.82 Å². The van der Waals surface area contributed by atoms with Crippen LogP contribution in [0.3, 0.4) is 0 Å². The standard InChI is InChI=1S/C19H18ClFN4/c1-13-16(20)3-2-4-17(13)24-18-10-12-23-19(25-18)22-11-9-14-5-7-15(21)8-6-14/h2-8,10,12H,9,11H2,1H3,(H2,22,23,24,25). The van der Waals surface area contributed by atoms with E-state index in [0.29, 0.717) is 23.3 Å². The molecule has 0 saturated heterocycles. The topological polar surface area (TPSA) is 49.8 Å². The highest BCUT2D eigenvalue weighted by Crippen LogP contribution is 2.25. The Morgan fingerprint density at radius 3 is 2.68 bits per heavy atom. The number of aromatic nitrogens is 2. The van der Waals surface area contributed by atoms with E-state index in [9.17, 15) is 4.39 Å². The zero-order valence-corrected chi connectivity index (χ0v) is 14.5. The second-order valence-corrected chi connectivity index (χ2v) is 6.01. The molecule has 1 heterocycles. The second-order valence-electron chi connectivity index (χ2n) is 5.61. The Labute approximate surface area is 151 Å². The third kappa shape index (κ3) is 4.67. The summed E-state index contributed by atoms with van der Waals surface area (Å²) < 4.78 is 12.9. The van der Waals surface area contributed by atoms with E-state index in [1.165, 1.54) is 12.1 Å². The van der Waals surface area contributed by atoms with Crippen molar-refractivity contribution < 1.29 is 4.39 Å². The van der Waals surface area contributed by atoms with E-state index in [4.69, 9.17) is 11.6 Å². The maximum Gasteiger partial charge on any atom is 0.224 e. The van der Waals surface area contributed by atoms with Crippen LogP contribution in [0, 0.1) is 12.7 Å². The van der Waals surface area contributed by atoms with Crippen LogP contribution in [-0.2, 0) is 6.42 Å². The molecular formula is C19H18ClFN4. The molecule has 1 aromatic heterocycles. The predicted octanol–water partition coefficient (Wildman–Crippen LogP) is 4.98. The van der Waals surface area contributed by atoms with E-state index >= 15 is 0 Å². The first kappa shape index (κ1) is 17.2. The molecule has 0 unspecified atom stereocenters. The van der Waals surface area contributed by atoms with Gasteiger partial charge in [-0.3, -0.25) is 0 Å². The van der Waals surface area contributed by atoms with E-state index in [0.717, 1.165) is 23.2 Å². The van der Waals surface area contributed by atoms with Gasteiger partial charge in [-0.25, -0.2) is 9.37 Å². The number of nitrogens with zero attached hydrogens (tertiary/aromatic N) is 2. The summed E-state index contributed by atoms with van der Waals surface area (Å²) in [6.45, 7) is 2.61. The first-order valence-corrected chi connectivity index (χ1v) is 8.33. The van der Waals surface area contributed by atoms with Crippen LogP contribution in [0.25, 0.3) is 0 Å². The van der Waals surface area contributed by atoms with Gasteiger partial charge in [-0.15, -0.1) is 0 Å². The number of anilines is 3. The highest BCUT2D eigenvalue weighted by atomic mass is 35.5. The summed E-state index contributed by atoms with van der Waals surface area (Å²) >= 11 is 6.14. The molecule has 6 heteroatoms. The zero-order chi connectivity index (χ0) is 17.6. The van der Waals surface area contributed by atoms with Crippen molar-refractivity contribution in [1.82, 2.24) is 9.97 Å². The third-order valence-electron chi connectivity index (χ3n) is 3.80. The first-order chi connectivity index (χ1) is 12.1. The average molecular weight is 357 g/mol. The fourth-order valence-corrected chi connectivity index (χ4v) is 2.54. The van der Waals surface area contributed by atoms with Crippen molar-refractivity contribution in [3.63, 3.8) is 0 Å². The van der Waals surface area contributed by atoms with E-state index in [1.54, 1.807) is 24.4 Å². The lowest BCUT2D eigenvalue weighted by Crippen LogP contribution is -2.08. The largest absolute Gasteiger partial charge is 0.354 e. The van der Waals surface area contributed by atoms with Crippen molar-refractivity contribution in [2.75, 3.05) is 17.2 Å².